The second-order valence-corrected chi connectivity index (χ2v) is 5.38. The summed E-state index contributed by atoms with van der Waals surface area (Å²) in [7, 11) is 1.59. The number of carboxylic acid groups (broad SMARTS) is 1. The Labute approximate surface area is 121 Å². The number of benzene rings is 1. The van der Waals surface area contributed by atoms with Crippen LogP contribution in [0.5, 0.6) is 0 Å². The number of carbonyl (C=O) groups excluding carboxylic acids is 1. The zero-order chi connectivity index (χ0) is 15.1. The van der Waals surface area contributed by atoms with E-state index in [4.69, 9.17) is 0 Å². The van der Waals surface area contributed by atoms with Crippen LogP contribution in [0.25, 0.3) is 11.0 Å². The van der Waals surface area contributed by atoms with Crippen molar-refractivity contribution >= 4 is 22.9 Å². The van der Waals surface area contributed by atoms with Gasteiger partial charge in [-0.25, -0.2) is 9.78 Å². The molecule has 6 nitrogen and oxygen atoms in total. The highest BCUT2D eigenvalue weighted by atomic mass is 16.4. The molecule has 0 spiro atoms. The summed E-state index contributed by atoms with van der Waals surface area (Å²) in [5, 5.41) is 11.9. The van der Waals surface area contributed by atoms with Crippen LogP contribution in [0.2, 0.25) is 0 Å². The summed E-state index contributed by atoms with van der Waals surface area (Å²) in [5.41, 5.74) is 1.34. The third kappa shape index (κ3) is 2.16. The van der Waals surface area contributed by atoms with Gasteiger partial charge in [-0.15, -0.1) is 0 Å². The molecule has 0 saturated heterocycles. The predicted molar refractivity (Wildman–Crippen MR) is 77.4 cm³/mol. The summed E-state index contributed by atoms with van der Waals surface area (Å²) < 4.78 is 1.87. The van der Waals surface area contributed by atoms with Crippen molar-refractivity contribution in [1.82, 2.24) is 14.9 Å². The van der Waals surface area contributed by atoms with Gasteiger partial charge in [0, 0.05) is 13.0 Å². The number of likely N-dealkylation sites (N-methyl/N-ethyl adjacent to an activating group) is 1. The van der Waals surface area contributed by atoms with Crippen molar-refractivity contribution in [3.63, 3.8) is 0 Å². The lowest BCUT2D eigenvalue weighted by atomic mass is 10.2. The van der Waals surface area contributed by atoms with Crippen LogP contribution >= 0.6 is 0 Å². The highest BCUT2D eigenvalue weighted by molar-refractivity contribution is 6.01. The standard InChI is InChI=1S/C15H17N3O3/c1-8(14(19)16-2)18-11-5-3-4-10(15(20)21)12(11)17-13(18)9-6-7-9/h3-5,8-9H,6-7H2,1-2H3,(H,16,19)(H,20,21). The monoisotopic (exact) mass is 287 g/mol. The van der Waals surface area contributed by atoms with E-state index in [0.29, 0.717) is 17.0 Å². The summed E-state index contributed by atoms with van der Waals surface area (Å²) in [4.78, 5) is 27.9. The lowest BCUT2D eigenvalue weighted by Gasteiger charge is -2.16. The van der Waals surface area contributed by atoms with Crippen LogP contribution in [-0.2, 0) is 4.79 Å². The van der Waals surface area contributed by atoms with Gasteiger partial charge >= 0.3 is 5.97 Å². The Kier molecular flexibility index (Phi) is 3.16. The number of amides is 1. The SMILES string of the molecule is CNC(=O)C(C)n1c(C2CC2)nc2c(C(=O)O)cccc21. The molecule has 1 aliphatic rings. The number of rotatable bonds is 4. The average Bonchev–Trinajstić information content (AvgIpc) is 3.25. The van der Waals surface area contributed by atoms with Crippen LogP contribution in [0, 0.1) is 0 Å². The number of hydrogen-bond donors (Lipinski definition) is 2. The summed E-state index contributed by atoms with van der Waals surface area (Å²) in [6.07, 6.45) is 2.07. The smallest absolute Gasteiger partial charge is 0.337 e. The number of aromatic carboxylic acids is 1. The minimum atomic E-state index is -1.000. The van der Waals surface area contributed by atoms with Crippen molar-refractivity contribution in [2.45, 2.75) is 31.7 Å². The molecule has 1 heterocycles. The highest BCUT2D eigenvalue weighted by Gasteiger charge is 2.33. The fourth-order valence-electron chi connectivity index (χ4n) is 2.67. The van der Waals surface area contributed by atoms with Gasteiger partial charge < -0.3 is 15.0 Å². The first-order chi connectivity index (χ1) is 10.0. The molecular weight excluding hydrogens is 270 g/mol. The molecule has 0 bridgehead atoms. The number of para-hydroxylation sites is 1. The second-order valence-electron chi connectivity index (χ2n) is 5.38. The van der Waals surface area contributed by atoms with Crippen molar-refractivity contribution in [1.29, 1.82) is 0 Å². The van der Waals surface area contributed by atoms with E-state index in [1.807, 2.05) is 10.6 Å². The number of imidazole rings is 1. The Morgan fingerprint density at radius 1 is 1.43 bits per heavy atom. The van der Waals surface area contributed by atoms with Crippen molar-refractivity contribution in [3.05, 3.63) is 29.6 Å². The molecule has 1 aliphatic carbocycles. The second kappa shape index (κ2) is 4.87. The maximum absolute atomic E-state index is 12.0. The predicted octanol–water partition coefficient (Wildman–Crippen LogP) is 1.92. The van der Waals surface area contributed by atoms with Gasteiger partial charge in [-0.05, 0) is 31.9 Å². The minimum Gasteiger partial charge on any atom is -0.478 e. The van der Waals surface area contributed by atoms with Crippen LogP contribution in [0.1, 0.15) is 47.9 Å². The average molecular weight is 287 g/mol. The van der Waals surface area contributed by atoms with Crippen molar-refractivity contribution < 1.29 is 14.7 Å². The first-order valence-corrected chi connectivity index (χ1v) is 7.00. The summed E-state index contributed by atoms with van der Waals surface area (Å²) >= 11 is 0. The van der Waals surface area contributed by atoms with E-state index in [1.165, 1.54) is 0 Å². The molecule has 21 heavy (non-hydrogen) atoms. The van der Waals surface area contributed by atoms with Gasteiger partial charge in [-0.3, -0.25) is 4.79 Å². The molecule has 1 aromatic heterocycles. The van der Waals surface area contributed by atoms with E-state index < -0.39 is 12.0 Å². The minimum absolute atomic E-state index is 0.114. The Bertz CT molecular complexity index is 731. The van der Waals surface area contributed by atoms with Gasteiger partial charge in [0.05, 0.1) is 11.1 Å². The van der Waals surface area contributed by atoms with E-state index in [-0.39, 0.29) is 11.5 Å². The van der Waals surface area contributed by atoms with Crippen LogP contribution in [0.15, 0.2) is 18.2 Å². The molecule has 0 radical (unpaired) electrons. The molecule has 110 valence electrons. The Morgan fingerprint density at radius 3 is 2.71 bits per heavy atom. The van der Waals surface area contributed by atoms with Gasteiger partial charge in [-0.1, -0.05) is 6.07 Å². The first-order valence-electron chi connectivity index (χ1n) is 7.00. The van der Waals surface area contributed by atoms with Gasteiger partial charge in [0.2, 0.25) is 5.91 Å². The molecule has 1 amide bonds. The largest absolute Gasteiger partial charge is 0.478 e. The topological polar surface area (TPSA) is 84.2 Å². The van der Waals surface area contributed by atoms with E-state index in [2.05, 4.69) is 10.3 Å². The molecule has 6 heteroatoms. The molecular formula is C15H17N3O3. The van der Waals surface area contributed by atoms with E-state index >= 15 is 0 Å². The van der Waals surface area contributed by atoms with E-state index in [9.17, 15) is 14.7 Å². The maximum atomic E-state index is 12.0. The summed E-state index contributed by atoms with van der Waals surface area (Å²) in [6.45, 7) is 1.80. The van der Waals surface area contributed by atoms with Gasteiger partial charge in [0.15, 0.2) is 0 Å². The highest BCUT2D eigenvalue weighted by Crippen LogP contribution is 2.42. The molecule has 1 aromatic carbocycles. The van der Waals surface area contributed by atoms with Gasteiger partial charge in [-0.2, -0.15) is 0 Å². The fourth-order valence-corrected chi connectivity index (χ4v) is 2.67. The van der Waals surface area contributed by atoms with Crippen LogP contribution in [0.4, 0.5) is 0 Å². The van der Waals surface area contributed by atoms with Crippen LogP contribution in [0.3, 0.4) is 0 Å². The molecule has 2 N–H and O–H groups in total. The molecule has 1 fully saturated rings. The zero-order valence-electron chi connectivity index (χ0n) is 12.0. The number of carboxylic acids is 1. The Balaban J connectivity index is 2.25. The number of nitrogens with one attached hydrogen (secondary N) is 1. The number of hydrogen-bond acceptors (Lipinski definition) is 3. The third-order valence-corrected chi connectivity index (χ3v) is 3.93. The lowest BCUT2D eigenvalue weighted by molar-refractivity contribution is -0.123. The van der Waals surface area contributed by atoms with Crippen molar-refractivity contribution in [3.8, 4) is 0 Å². The fraction of sp³-hybridized carbons (Fsp3) is 0.400. The third-order valence-electron chi connectivity index (χ3n) is 3.93. The molecule has 1 unspecified atom stereocenters. The summed E-state index contributed by atoms with van der Waals surface area (Å²) in [6, 6.07) is 4.64. The quantitative estimate of drug-likeness (QED) is 0.899. The number of fused-ring (bicyclic) bond motifs is 1. The molecule has 3 rings (SSSR count). The van der Waals surface area contributed by atoms with E-state index in [0.717, 1.165) is 18.7 Å². The summed E-state index contributed by atoms with van der Waals surface area (Å²) in [5.74, 6) is 0.0260. The molecule has 0 aliphatic heterocycles. The van der Waals surface area contributed by atoms with Crippen molar-refractivity contribution in [2.24, 2.45) is 0 Å². The number of aromatic nitrogens is 2. The van der Waals surface area contributed by atoms with Crippen LogP contribution in [-0.4, -0.2) is 33.6 Å². The number of nitrogens with zero attached hydrogens (tertiary/aromatic N) is 2. The van der Waals surface area contributed by atoms with Gasteiger partial charge in [0.1, 0.15) is 17.4 Å². The lowest BCUT2D eigenvalue weighted by Crippen LogP contribution is -2.28. The molecule has 1 saturated carbocycles. The normalized spacial score (nSPS) is 15.9. The van der Waals surface area contributed by atoms with E-state index in [1.54, 1.807) is 26.1 Å². The Hall–Kier alpha value is -2.37. The first kappa shape index (κ1) is 13.6. The maximum Gasteiger partial charge on any atom is 0.337 e. The zero-order valence-corrected chi connectivity index (χ0v) is 12.0. The Morgan fingerprint density at radius 2 is 2.14 bits per heavy atom. The molecule has 1 atom stereocenters. The number of carbonyl (C=O) groups is 2. The van der Waals surface area contributed by atoms with Crippen LogP contribution < -0.4 is 5.32 Å². The van der Waals surface area contributed by atoms with Gasteiger partial charge in [0.25, 0.3) is 0 Å². The van der Waals surface area contributed by atoms with Crippen molar-refractivity contribution in [2.75, 3.05) is 7.05 Å². The molecule has 2 aromatic rings.